The van der Waals surface area contributed by atoms with Crippen LogP contribution in [0.15, 0.2) is 29.2 Å². The van der Waals surface area contributed by atoms with Crippen molar-refractivity contribution in [2.75, 3.05) is 11.8 Å². The molecule has 2 rings (SSSR count). The third-order valence-corrected chi connectivity index (χ3v) is 4.65. The Morgan fingerprint density at radius 1 is 1.11 bits per heavy atom. The Morgan fingerprint density at radius 3 is 2.14 bits per heavy atom. The number of halogens is 3. The summed E-state index contributed by atoms with van der Waals surface area (Å²) in [5.74, 6) is -9.38. The summed E-state index contributed by atoms with van der Waals surface area (Å²) in [6.07, 6.45) is 0. The van der Waals surface area contributed by atoms with E-state index in [4.69, 9.17) is 4.74 Å². The highest BCUT2D eigenvalue weighted by Gasteiger charge is 2.39. The van der Waals surface area contributed by atoms with Gasteiger partial charge in [0, 0.05) is 12.6 Å². The van der Waals surface area contributed by atoms with E-state index < -0.39 is 54.7 Å². The van der Waals surface area contributed by atoms with E-state index in [9.17, 15) is 36.5 Å². The van der Waals surface area contributed by atoms with Crippen molar-refractivity contribution < 1.29 is 40.8 Å². The van der Waals surface area contributed by atoms with Gasteiger partial charge in [-0.25, -0.2) is 12.8 Å². The molecule has 0 saturated carbocycles. The molecule has 0 amide bonds. The van der Waals surface area contributed by atoms with Crippen LogP contribution in [0.4, 0.5) is 24.5 Å². The van der Waals surface area contributed by atoms with Crippen LogP contribution in [0.25, 0.3) is 0 Å². The van der Waals surface area contributed by atoms with Crippen LogP contribution in [-0.4, -0.2) is 26.4 Å². The van der Waals surface area contributed by atoms with Crippen LogP contribution in [0.5, 0.6) is 11.5 Å². The fourth-order valence-electron chi connectivity index (χ4n) is 2.11. The molecule has 0 saturated heterocycles. The number of carbonyl (C=O) groups excluding carboxylic acids is 1. The molecule has 28 heavy (non-hydrogen) atoms. The monoisotopic (exact) mass is 420 g/mol. The molecule has 0 spiro atoms. The van der Waals surface area contributed by atoms with Crippen molar-refractivity contribution in [3.63, 3.8) is 0 Å². The number of carbonyl (C=O) groups is 1. The summed E-state index contributed by atoms with van der Waals surface area (Å²) in [7, 11) is -3.80. The van der Waals surface area contributed by atoms with E-state index in [-0.39, 0.29) is 5.69 Å². The Balaban J connectivity index is 2.66. The van der Waals surface area contributed by atoms with Gasteiger partial charge in [-0.15, -0.1) is 0 Å². The number of anilines is 1. The number of benzene rings is 2. The van der Waals surface area contributed by atoms with Gasteiger partial charge in [0.15, 0.2) is 10.7 Å². The molecule has 0 aliphatic rings. The van der Waals surface area contributed by atoms with E-state index >= 15 is 0 Å². The number of ether oxygens (including phenoxy) is 2. The van der Waals surface area contributed by atoms with Gasteiger partial charge in [-0.1, -0.05) is 0 Å². The number of nitrogens with one attached hydrogen (secondary N) is 1. The first-order chi connectivity index (χ1) is 13.0. The fourth-order valence-corrected chi connectivity index (χ4v) is 3.31. The number of nitrogens with zero attached hydrogens (tertiary/aromatic N) is 1. The summed E-state index contributed by atoms with van der Waals surface area (Å²) in [4.78, 5) is 18.5. The van der Waals surface area contributed by atoms with E-state index in [0.717, 1.165) is 0 Å². The van der Waals surface area contributed by atoms with Crippen LogP contribution in [-0.2, 0) is 14.8 Å². The van der Waals surface area contributed by atoms with Crippen LogP contribution in [0, 0.1) is 27.6 Å². The number of esters is 1. The van der Waals surface area contributed by atoms with Crippen LogP contribution < -0.4 is 14.2 Å². The zero-order chi connectivity index (χ0) is 21.2. The molecule has 0 radical (unpaired) electrons. The first-order valence-corrected chi connectivity index (χ1v) is 8.68. The number of hydrogen-bond donors (Lipinski definition) is 1. The SMILES string of the molecule is COc1ccc(NS(=O)(=O)c2c(F)c(F)c(OC(C)=O)c([N+](=O)[O-])c2F)cc1. The maximum Gasteiger partial charge on any atom is 0.351 e. The molecule has 0 bridgehead atoms. The normalized spacial score (nSPS) is 11.0. The van der Waals surface area contributed by atoms with Gasteiger partial charge in [0.1, 0.15) is 5.75 Å². The number of sulfonamides is 1. The summed E-state index contributed by atoms with van der Waals surface area (Å²) in [6.45, 7) is 0.703. The van der Waals surface area contributed by atoms with Crippen molar-refractivity contribution in [1.29, 1.82) is 0 Å². The van der Waals surface area contributed by atoms with Crippen molar-refractivity contribution in [2.45, 2.75) is 11.8 Å². The predicted octanol–water partition coefficient (Wildman–Crippen LogP) is 2.75. The maximum absolute atomic E-state index is 14.5. The molecule has 0 fully saturated rings. The minimum Gasteiger partial charge on any atom is -0.497 e. The molecule has 150 valence electrons. The average Bonchev–Trinajstić information content (AvgIpc) is 2.59. The van der Waals surface area contributed by atoms with Gasteiger partial charge in [-0.3, -0.25) is 19.6 Å². The Kier molecular flexibility index (Phi) is 5.78. The van der Waals surface area contributed by atoms with Gasteiger partial charge in [0.05, 0.1) is 12.0 Å². The van der Waals surface area contributed by atoms with E-state index in [1.165, 1.54) is 31.4 Å². The molecule has 2 aromatic rings. The smallest absolute Gasteiger partial charge is 0.351 e. The second-order valence-electron chi connectivity index (χ2n) is 5.13. The van der Waals surface area contributed by atoms with Gasteiger partial charge < -0.3 is 9.47 Å². The molecule has 0 heterocycles. The second kappa shape index (κ2) is 7.72. The molecule has 0 unspecified atom stereocenters. The van der Waals surface area contributed by atoms with Crippen molar-refractivity contribution in [3.8, 4) is 11.5 Å². The molecule has 13 heteroatoms. The second-order valence-corrected chi connectivity index (χ2v) is 6.75. The Morgan fingerprint density at radius 2 is 1.68 bits per heavy atom. The molecule has 1 N–H and O–H groups in total. The lowest BCUT2D eigenvalue weighted by atomic mass is 10.2. The van der Waals surface area contributed by atoms with Crippen LogP contribution in [0.1, 0.15) is 6.92 Å². The summed E-state index contributed by atoms with van der Waals surface area (Å²) in [6, 6.07) is 4.98. The van der Waals surface area contributed by atoms with Crippen molar-refractivity contribution in [1.82, 2.24) is 0 Å². The van der Waals surface area contributed by atoms with E-state index in [1.54, 1.807) is 4.72 Å². The Labute approximate surface area is 155 Å². The van der Waals surface area contributed by atoms with Gasteiger partial charge in [-0.05, 0) is 24.3 Å². The molecular weight excluding hydrogens is 409 g/mol. The third-order valence-electron chi connectivity index (χ3n) is 3.25. The van der Waals surface area contributed by atoms with Crippen molar-refractivity contribution in [3.05, 3.63) is 51.8 Å². The molecule has 9 nitrogen and oxygen atoms in total. The topological polar surface area (TPSA) is 125 Å². The lowest BCUT2D eigenvalue weighted by Crippen LogP contribution is -2.19. The first kappa shape index (κ1) is 21.0. The van der Waals surface area contributed by atoms with Crippen LogP contribution in [0.3, 0.4) is 0 Å². The zero-order valence-corrected chi connectivity index (χ0v) is 15.0. The van der Waals surface area contributed by atoms with Crippen LogP contribution in [0.2, 0.25) is 0 Å². The van der Waals surface area contributed by atoms with Gasteiger partial charge in [0.25, 0.3) is 10.0 Å². The first-order valence-electron chi connectivity index (χ1n) is 7.19. The lowest BCUT2D eigenvalue weighted by molar-refractivity contribution is -0.389. The van der Waals surface area contributed by atoms with Gasteiger partial charge in [0.2, 0.25) is 17.4 Å². The zero-order valence-electron chi connectivity index (χ0n) is 14.2. The number of rotatable bonds is 6. The quantitative estimate of drug-likeness (QED) is 0.250. The lowest BCUT2D eigenvalue weighted by Gasteiger charge is -2.13. The standard InChI is InChI=1S/C15H11F3N2O7S/c1-7(21)27-14-10(16)11(17)15(12(18)13(14)20(22)23)28(24,25)19-8-3-5-9(26-2)6-4-8/h3-6,19H,1-2H3. The maximum atomic E-state index is 14.5. The molecule has 0 atom stereocenters. The highest BCUT2D eigenvalue weighted by atomic mass is 32.2. The number of nitro groups is 1. The minimum atomic E-state index is -5.14. The van der Waals surface area contributed by atoms with Crippen molar-refractivity contribution >= 4 is 27.4 Å². The summed E-state index contributed by atoms with van der Waals surface area (Å²) >= 11 is 0. The fraction of sp³-hybridized carbons (Fsp3) is 0.133. The van der Waals surface area contributed by atoms with E-state index in [0.29, 0.717) is 12.7 Å². The summed E-state index contributed by atoms with van der Waals surface area (Å²) in [5.41, 5.74) is -2.03. The molecule has 2 aromatic carbocycles. The summed E-state index contributed by atoms with van der Waals surface area (Å²) in [5, 5.41) is 11.1. The van der Waals surface area contributed by atoms with E-state index in [1.807, 2.05) is 0 Å². The molecule has 0 aliphatic heterocycles. The Bertz CT molecular complexity index is 1060. The third kappa shape index (κ3) is 3.98. The predicted molar refractivity (Wildman–Crippen MR) is 88.1 cm³/mol. The van der Waals surface area contributed by atoms with Crippen LogP contribution >= 0.6 is 0 Å². The molecule has 0 aliphatic carbocycles. The number of methoxy groups -OCH3 is 1. The average molecular weight is 420 g/mol. The van der Waals surface area contributed by atoms with E-state index in [2.05, 4.69) is 4.74 Å². The highest BCUT2D eigenvalue weighted by Crippen LogP contribution is 2.39. The summed E-state index contributed by atoms with van der Waals surface area (Å²) < 4.78 is 78.4. The van der Waals surface area contributed by atoms with Crippen molar-refractivity contribution in [2.24, 2.45) is 0 Å². The van der Waals surface area contributed by atoms with Gasteiger partial charge >= 0.3 is 11.7 Å². The number of nitro benzene ring substituents is 1. The highest BCUT2D eigenvalue weighted by molar-refractivity contribution is 7.92. The molecular formula is C15H11F3N2O7S. The molecule has 0 aromatic heterocycles. The largest absolute Gasteiger partial charge is 0.497 e. The van der Waals surface area contributed by atoms with Gasteiger partial charge in [-0.2, -0.15) is 8.78 Å². The number of hydrogen-bond acceptors (Lipinski definition) is 7. The minimum absolute atomic E-state index is 0.188. The Hall–Kier alpha value is -3.35.